The van der Waals surface area contributed by atoms with Crippen LogP contribution in [0.2, 0.25) is 0 Å². The second-order valence-electron chi connectivity index (χ2n) is 19.3. The third-order valence-electron chi connectivity index (χ3n) is 12.1. The summed E-state index contributed by atoms with van der Waals surface area (Å²) in [6, 6.07) is 17.1. The fourth-order valence-electron chi connectivity index (χ4n) is 8.22. The molecule has 0 bridgehead atoms. The minimum Gasteiger partial charge on any atom is -0.491 e. The van der Waals surface area contributed by atoms with Gasteiger partial charge in [-0.2, -0.15) is 18.4 Å². The molecule has 0 unspecified atom stereocenters. The number of hydrogen-bond donors (Lipinski definition) is 3. The van der Waals surface area contributed by atoms with E-state index in [1.807, 2.05) is 38.1 Å². The molecule has 2 aliphatic heterocycles. The minimum atomic E-state index is -4.81. The number of nitrogens with one attached hydrogen (secondary N) is 2. The van der Waals surface area contributed by atoms with Crippen LogP contribution in [-0.4, -0.2) is 119 Å². The highest BCUT2D eigenvalue weighted by Gasteiger charge is 2.51. The molecule has 1 aromatic heterocycles. The van der Waals surface area contributed by atoms with Gasteiger partial charge in [0.15, 0.2) is 5.11 Å². The molecule has 3 heterocycles. The standard InChI is InChI=1S/C51H60F3N7O9S2/c1-30(26-67-19-20-68-39-17-15-36(16-18-39)61-48(71)60(47(66)50(61,7)8)37-14-13-35(23-55)40(21-37)51(52,53)54)69-27-31(2)70-28-42(63)58-44(49(4,5)6)46(65)59-25-38(62)22-41(59)45(64)56-24-33-9-11-34(12-10-33)43-32(3)57-29-72-43/h9-18,21,29-31,38,41,44,62H,19-20,22,24-28H2,1-8H3,(H,56,64)(H,58,63)/t30-,31+,38+,41-,44+/m0/s1. The number of β-amino-alcohol motifs (C(OH)–C–C–N with tert-alkyl or cyclic N) is 1. The largest absolute Gasteiger partial charge is 0.491 e. The van der Waals surface area contributed by atoms with Gasteiger partial charge in [0.25, 0.3) is 5.91 Å². The molecule has 6 rings (SSSR count). The van der Waals surface area contributed by atoms with Crippen molar-refractivity contribution in [1.29, 1.82) is 5.26 Å². The Bertz CT molecular complexity index is 2630. The second kappa shape index (κ2) is 23.2. The zero-order valence-corrected chi connectivity index (χ0v) is 43.0. The number of hydrogen-bond acceptors (Lipinski definition) is 13. The Labute approximate surface area is 426 Å². The number of nitrogens with zero attached hydrogens (tertiary/aromatic N) is 5. The van der Waals surface area contributed by atoms with Crippen molar-refractivity contribution in [3.05, 3.63) is 94.6 Å². The Morgan fingerprint density at radius 3 is 2.28 bits per heavy atom. The predicted molar refractivity (Wildman–Crippen MR) is 268 cm³/mol. The maximum Gasteiger partial charge on any atom is 0.417 e. The highest BCUT2D eigenvalue weighted by Crippen LogP contribution is 2.40. The quantitative estimate of drug-likeness (QED) is 0.0609. The average Bonchev–Trinajstić information content (AvgIpc) is 4.00. The van der Waals surface area contributed by atoms with Gasteiger partial charge >= 0.3 is 6.18 Å². The number of aryl methyl sites for hydroxylation is 1. The number of nitriles is 1. The van der Waals surface area contributed by atoms with Crippen LogP contribution in [0, 0.1) is 23.7 Å². The highest BCUT2D eigenvalue weighted by molar-refractivity contribution is 7.81. The summed E-state index contributed by atoms with van der Waals surface area (Å²) < 4.78 is 64.4. The van der Waals surface area contributed by atoms with Gasteiger partial charge in [0, 0.05) is 25.2 Å². The number of likely N-dealkylation sites (tertiary alicyclic amines) is 1. The van der Waals surface area contributed by atoms with Crippen LogP contribution in [0.4, 0.5) is 24.5 Å². The lowest BCUT2D eigenvalue weighted by atomic mass is 9.85. The van der Waals surface area contributed by atoms with E-state index < -0.39 is 76.2 Å². The first kappa shape index (κ1) is 55.3. The molecule has 0 saturated carbocycles. The van der Waals surface area contributed by atoms with Gasteiger partial charge in [-0.15, -0.1) is 11.3 Å². The van der Waals surface area contributed by atoms with Crippen molar-refractivity contribution in [3.8, 4) is 22.3 Å². The number of aromatic nitrogens is 1. The van der Waals surface area contributed by atoms with Crippen molar-refractivity contribution in [1.82, 2.24) is 20.5 Å². The third kappa shape index (κ3) is 13.3. The fourth-order valence-corrected chi connectivity index (χ4v) is 9.55. The van der Waals surface area contributed by atoms with E-state index in [1.54, 1.807) is 87.6 Å². The Balaban J connectivity index is 0.898. The highest BCUT2D eigenvalue weighted by atomic mass is 32.1. The molecule has 3 aromatic carbocycles. The van der Waals surface area contributed by atoms with E-state index >= 15 is 0 Å². The van der Waals surface area contributed by atoms with Crippen molar-refractivity contribution >= 4 is 63.7 Å². The van der Waals surface area contributed by atoms with Crippen LogP contribution in [0.15, 0.2) is 72.2 Å². The Morgan fingerprint density at radius 1 is 0.986 bits per heavy atom. The Hall–Kier alpha value is -6.02. The number of ether oxygens (including phenoxy) is 4. The summed E-state index contributed by atoms with van der Waals surface area (Å²) in [7, 11) is 0. The number of carbonyl (C=O) groups is 4. The molecule has 72 heavy (non-hydrogen) atoms. The molecule has 2 saturated heterocycles. The summed E-state index contributed by atoms with van der Waals surface area (Å²) in [4.78, 5) is 63.5. The minimum absolute atomic E-state index is 0.0262. The molecule has 4 amide bonds. The maximum atomic E-state index is 14.0. The van der Waals surface area contributed by atoms with Gasteiger partial charge in [-0.3, -0.25) is 24.1 Å². The molecule has 4 aromatic rings. The lowest BCUT2D eigenvalue weighted by molar-refractivity contribution is -0.145. The van der Waals surface area contributed by atoms with Crippen molar-refractivity contribution in [2.24, 2.45) is 5.41 Å². The molecule has 386 valence electrons. The van der Waals surface area contributed by atoms with Gasteiger partial charge in [-0.25, -0.2) is 4.98 Å². The Morgan fingerprint density at radius 2 is 1.65 bits per heavy atom. The summed E-state index contributed by atoms with van der Waals surface area (Å²) in [6.07, 6.45) is -6.50. The van der Waals surface area contributed by atoms with Crippen LogP contribution in [0.3, 0.4) is 0 Å². The van der Waals surface area contributed by atoms with Gasteiger partial charge in [0.1, 0.15) is 36.6 Å². The zero-order valence-electron chi connectivity index (χ0n) is 41.4. The van der Waals surface area contributed by atoms with Crippen molar-refractivity contribution < 1.29 is 56.4 Å². The maximum absolute atomic E-state index is 14.0. The molecule has 0 radical (unpaired) electrons. The first-order chi connectivity index (χ1) is 33.9. The third-order valence-corrected chi connectivity index (χ3v) is 13.5. The lowest BCUT2D eigenvalue weighted by Crippen LogP contribution is -2.58. The van der Waals surface area contributed by atoms with E-state index in [1.165, 1.54) is 17.0 Å². The van der Waals surface area contributed by atoms with E-state index in [0.717, 1.165) is 38.7 Å². The number of carbonyl (C=O) groups excluding carboxylic acids is 4. The monoisotopic (exact) mass is 1040 g/mol. The number of halogens is 3. The normalized spacial score (nSPS) is 18.2. The first-order valence-corrected chi connectivity index (χ1v) is 24.6. The number of thiocarbonyl (C=S) groups is 1. The van der Waals surface area contributed by atoms with Crippen molar-refractivity contribution in [2.75, 3.05) is 49.4 Å². The molecule has 2 fully saturated rings. The van der Waals surface area contributed by atoms with E-state index in [0.29, 0.717) is 11.4 Å². The number of anilines is 2. The molecule has 0 aliphatic carbocycles. The summed E-state index contributed by atoms with van der Waals surface area (Å²) in [5.41, 5.74) is 1.32. The fraction of sp³-hybridized carbons (Fsp3) is 0.471. The van der Waals surface area contributed by atoms with Crippen LogP contribution >= 0.6 is 23.6 Å². The molecule has 2 aliphatic rings. The molecule has 3 N–H and O–H groups in total. The molecule has 0 spiro atoms. The number of thiazole rings is 1. The molecular formula is C51H60F3N7O9S2. The van der Waals surface area contributed by atoms with E-state index in [2.05, 4.69) is 15.6 Å². The number of aliphatic hydroxyl groups is 1. The van der Waals surface area contributed by atoms with Crippen LogP contribution in [0.25, 0.3) is 10.4 Å². The van der Waals surface area contributed by atoms with Gasteiger partial charge < -0.3 is 44.5 Å². The Kier molecular flexibility index (Phi) is 17.8. The smallest absolute Gasteiger partial charge is 0.417 e. The van der Waals surface area contributed by atoms with Gasteiger partial charge in [0.05, 0.1) is 77.1 Å². The molecule has 21 heteroatoms. The lowest BCUT2D eigenvalue weighted by Gasteiger charge is -2.35. The van der Waals surface area contributed by atoms with E-state index in [4.69, 9.17) is 31.2 Å². The summed E-state index contributed by atoms with van der Waals surface area (Å²) in [6.45, 7) is 14.7. The van der Waals surface area contributed by atoms with Crippen LogP contribution < -0.4 is 25.2 Å². The van der Waals surface area contributed by atoms with E-state index in [9.17, 15) is 42.7 Å². The van der Waals surface area contributed by atoms with Gasteiger partial charge in [0.2, 0.25) is 17.7 Å². The number of amides is 4. The number of aliphatic hydroxyl groups excluding tert-OH is 1. The number of alkyl halides is 3. The topological polar surface area (TPSA) is 196 Å². The first-order valence-electron chi connectivity index (χ1n) is 23.3. The van der Waals surface area contributed by atoms with Gasteiger partial charge in [-0.05, 0) is 106 Å². The van der Waals surface area contributed by atoms with Crippen molar-refractivity contribution in [2.45, 2.75) is 110 Å². The molecular weight excluding hydrogens is 976 g/mol. The zero-order chi connectivity index (χ0) is 52.7. The predicted octanol–water partition coefficient (Wildman–Crippen LogP) is 6.94. The van der Waals surface area contributed by atoms with Crippen molar-refractivity contribution in [3.63, 3.8) is 0 Å². The van der Waals surface area contributed by atoms with Crippen LogP contribution in [-0.2, 0) is 46.1 Å². The SMILES string of the molecule is Cc1ncsc1-c1ccc(CNC(=O)[C@@H]2C[C@@H](O)CN2C(=O)[C@@H](NC(=O)CO[C@H](C)CO[C@@H](C)COCCOc2ccc(N3C(=S)N(c4ccc(C#N)c(C(F)(F)F)c4)C(=O)C3(C)C)cc2)C(C)(C)C)cc1. The van der Waals surface area contributed by atoms with Gasteiger partial charge in [-0.1, -0.05) is 45.0 Å². The number of benzene rings is 3. The summed E-state index contributed by atoms with van der Waals surface area (Å²) in [5.74, 6) is -1.46. The summed E-state index contributed by atoms with van der Waals surface area (Å²) in [5, 5.41) is 25.5. The van der Waals surface area contributed by atoms with E-state index in [-0.39, 0.29) is 69.4 Å². The van der Waals surface area contributed by atoms with Crippen LogP contribution in [0.1, 0.15) is 77.3 Å². The van der Waals surface area contributed by atoms with Crippen LogP contribution in [0.5, 0.6) is 5.75 Å². The summed E-state index contributed by atoms with van der Waals surface area (Å²) >= 11 is 7.18. The average molecular weight is 1040 g/mol. The molecule has 5 atom stereocenters. The second-order valence-corrected chi connectivity index (χ2v) is 20.5. The molecule has 16 nitrogen and oxygen atoms in total. The number of rotatable bonds is 20.